The molecule has 0 saturated carbocycles. The zero-order chi connectivity index (χ0) is 38.4. The van der Waals surface area contributed by atoms with Crippen LogP contribution in [0.1, 0.15) is 88.2 Å². The molecule has 0 bridgehead atoms. The van der Waals surface area contributed by atoms with Crippen LogP contribution in [-0.2, 0) is 19.3 Å². The number of carbonyl (C=O) groups is 3. The van der Waals surface area contributed by atoms with Gasteiger partial charge in [0.25, 0.3) is 0 Å². The highest BCUT2D eigenvalue weighted by molar-refractivity contribution is 7.59. The van der Waals surface area contributed by atoms with Crippen molar-refractivity contribution in [1.29, 1.82) is 0 Å². The standard InChI is InChI=1S/C39H47N9O6.3H2S/c1-24(2)34(45-38(50)52-5)37(49)46-19-7-10-33(46)36-42-29-18-15-27(21-30(29)43-36)12-11-26-13-16-28(17-14-26)31-22-40-35(44-31)32-9-8-20-47(32)39(51)48(25(3)4)41-23-54-53-6;;;/h13-18,21-25,32-34H,7-10,19-20H2,1-6H3,(H,40,44)(H,42,43)(H,45,50);3*1H2/b41-23-;;;/t32-,33-,34-;;;/m0.../s1. The first-order valence-corrected chi connectivity index (χ1v) is 18.2. The number of hydrazone groups is 1. The third kappa shape index (κ3) is 10.8. The van der Waals surface area contributed by atoms with E-state index in [1.165, 1.54) is 19.2 Å². The van der Waals surface area contributed by atoms with Crippen molar-refractivity contribution in [1.82, 2.24) is 40.1 Å². The second kappa shape index (κ2) is 21.1. The van der Waals surface area contributed by atoms with Crippen molar-refractivity contribution in [3.05, 3.63) is 71.4 Å². The van der Waals surface area contributed by atoms with Crippen molar-refractivity contribution in [3.63, 3.8) is 0 Å². The summed E-state index contributed by atoms with van der Waals surface area (Å²) in [7, 11) is 2.66. The van der Waals surface area contributed by atoms with Gasteiger partial charge in [-0.3, -0.25) is 4.79 Å². The van der Waals surface area contributed by atoms with Gasteiger partial charge < -0.3 is 34.7 Å². The van der Waals surface area contributed by atoms with Gasteiger partial charge in [0.05, 0.1) is 55.3 Å². The number of hydrogen-bond acceptors (Lipinski definition) is 9. The Morgan fingerprint density at radius 2 is 1.56 bits per heavy atom. The van der Waals surface area contributed by atoms with Gasteiger partial charge in [-0.2, -0.15) is 45.4 Å². The van der Waals surface area contributed by atoms with E-state index in [-0.39, 0.29) is 76.5 Å². The first kappa shape index (κ1) is 46.6. The molecule has 0 aliphatic carbocycles. The molecule has 0 radical (unpaired) electrons. The topological polar surface area (TPSA) is 170 Å². The zero-order valence-electron chi connectivity index (χ0n) is 33.0. The van der Waals surface area contributed by atoms with Crippen molar-refractivity contribution < 1.29 is 28.9 Å². The normalized spacial score (nSPS) is 16.7. The molecule has 0 spiro atoms. The molecule has 2 aliphatic heterocycles. The Kier molecular flexibility index (Phi) is 17.2. The van der Waals surface area contributed by atoms with Gasteiger partial charge >= 0.3 is 12.1 Å². The fourth-order valence-corrected chi connectivity index (χ4v) is 6.92. The van der Waals surface area contributed by atoms with Gasteiger partial charge in [-0.25, -0.2) is 24.6 Å². The lowest BCUT2D eigenvalue weighted by Gasteiger charge is -2.30. The molecule has 2 aromatic heterocycles. The molecule has 0 unspecified atom stereocenters. The SMILES string of the molecule is COO/C=N\N(C(=O)N1CCC[C@H]1c1ncc(-c2ccc(C#Cc3ccc4nc([C@@H]5CCCN5C(=O)[C@@H](NC(=O)OC)C(C)C)[nH]c4c3)cc2)[nH]1)C(C)C.S.S.S. The molecule has 3 atom stereocenters. The van der Waals surface area contributed by atoms with Crippen LogP contribution in [0.15, 0.2) is 53.8 Å². The highest BCUT2D eigenvalue weighted by atomic mass is 32.1. The summed E-state index contributed by atoms with van der Waals surface area (Å²) < 4.78 is 4.75. The molecule has 57 heavy (non-hydrogen) atoms. The number of fused-ring (bicyclic) bond motifs is 1. The smallest absolute Gasteiger partial charge is 0.407 e. The van der Waals surface area contributed by atoms with Crippen molar-refractivity contribution in [2.24, 2.45) is 11.0 Å². The van der Waals surface area contributed by atoms with Gasteiger partial charge in [0, 0.05) is 24.2 Å². The van der Waals surface area contributed by atoms with Crippen LogP contribution >= 0.6 is 40.5 Å². The Bertz CT molecular complexity index is 2060. The molecule has 4 heterocycles. The van der Waals surface area contributed by atoms with E-state index in [9.17, 15) is 14.4 Å². The number of H-pyrrole nitrogens is 2. The number of benzene rings is 2. The van der Waals surface area contributed by atoms with Crippen LogP contribution in [0.2, 0.25) is 0 Å². The molecule has 4 aromatic rings. The number of carbonyl (C=O) groups excluding carboxylic acids is 3. The van der Waals surface area contributed by atoms with E-state index in [0.717, 1.165) is 71.3 Å². The summed E-state index contributed by atoms with van der Waals surface area (Å²) in [5.41, 5.74) is 5.10. The predicted molar refractivity (Wildman–Crippen MR) is 233 cm³/mol. The molecule has 2 saturated heterocycles. The maximum Gasteiger partial charge on any atom is 0.407 e. The molecule has 3 N–H and O–H groups in total. The van der Waals surface area contributed by atoms with Crippen molar-refractivity contribution in [2.45, 2.75) is 77.5 Å². The minimum atomic E-state index is -0.694. The average molecular weight is 840 g/mol. The third-order valence-corrected chi connectivity index (χ3v) is 9.70. The molecule has 308 valence electrons. The summed E-state index contributed by atoms with van der Waals surface area (Å²) in [6, 6.07) is 12.2. The number of ether oxygens (including phenoxy) is 1. The largest absolute Gasteiger partial charge is 0.453 e. The summed E-state index contributed by atoms with van der Waals surface area (Å²) in [5, 5.41) is 8.20. The summed E-state index contributed by atoms with van der Waals surface area (Å²) in [4.78, 5) is 68.1. The van der Waals surface area contributed by atoms with Crippen LogP contribution in [0, 0.1) is 17.8 Å². The highest BCUT2D eigenvalue weighted by Crippen LogP contribution is 2.34. The number of rotatable bonds is 10. The second-order valence-corrected chi connectivity index (χ2v) is 14.0. The van der Waals surface area contributed by atoms with E-state index in [1.807, 2.05) is 70.2 Å². The first-order valence-electron chi connectivity index (χ1n) is 18.2. The number of imidazole rings is 2. The van der Waals surface area contributed by atoms with E-state index in [2.05, 4.69) is 42.1 Å². The number of likely N-dealkylation sites (tertiary alicyclic amines) is 2. The van der Waals surface area contributed by atoms with Gasteiger partial charge in [0.2, 0.25) is 12.3 Å². The maximum absolute atomic E-state index is 13.5. The van der Waals surface area contributed by atoms with Crippen LogP contribution in [0.5, 0.6) is 0 Å². The number of alkyl carbamates (subject to hydrolysis) is 1. The molecule has 18 heteroatoms. The summed E-state index contributed by atoms with van der Waals surface area (Å²) in [6.07, 6.45) is 5.52. The Balaban J connectivity index is 0.00000290. The molecule has 6 rings (SSSR count). The summed E-state index contributed by atoms with van der Waals surface area (Å²) in [5.74, 6) is 7.69. The minimum absolute atomic E-state index is 0. The molecule has 2 fully saturated rings. The van der Waals surface area contributed by atoms with Crippen molar-refractivity contribution in [3.8, 4) is 23.1 Å². The van der Waals surface area contributed by atoms with E-state index >= 15 is 0 Å². The minimum Gasteiger partial charge on any atom is -0.453 e. The van der Waals surface area contributed by atoms with Gasteiger partial charge in [-0.05, 0) is 81.3 Å². The second-order valence-electron chi connectivity index (χ2n) is 14.0. The number of nitrogens with zero attached hydrogens (tertiary/aromatic N) is 6. The Hall–Kier alpha value is -4.83. The first-order chi connectivity index (χ1) is 26.1. The zero-order valence-corrected chi connectivity index (χ0v) is 36.0. The highest BCUT2D eigenvalue weighted by Gasteiger charge is 2.38. The van der Waals surface area contributed by atoms with Crippen LogP contribution in [0.3, 0.4) is 0 Å². The number of aromatic amines is 2. The van der Waals surface area contributed by atoms with Gasteiger partial charge in [-0.1, -0.05) is 37.8 Å². The van der Waals surface area contributed by atoms with Crippen LogP contribution < -0.4 is 5.32 Å². The number of methoxy groups -OCH3 is 1. The average Bonchev–Trinajstić information content (AvgIpc) is 4.00. The van der Waals surface area contributed by atoms with E-state index in [0.29, 0.717) is 18.9 Å². The number of nitrogens with one attached hydrogen (secondary N) is 3. The van der Waals surface area contributed by atoms with E-state index < -0.39 is 12.1 Å². The third-order valence-electron chi connectivity index (χ3n) is 9.70. The van der Waals surface area contributed by atoms with Crippen LogP contribution in [0.4, 0.5) is 9.59 Å². The lowest BCUT2D eigenvalue weighted by atomic mass is 10.0. The number of urea groups is 1. The number of hydrogen-bond donors (Lipinski definition) is 3. The van der Waals surface area contributed by atoms with E-state index in [1.54, 1.807) is 16.0 Å². The lowest BCUT2D eigenvalue weighted by Crippen LogP contribution is -2.51. The van der Waals surface area contributed by atoms with Gasteiger partial charge in [0.15, 0.2) is 0 Å². The lowest BCUT2D eigenvalue weighted by molar-refractivity contribution is -0.188. The van der Waals surface area contributed by atoms with E-state index in [4.69, 9.17) is 14.6 Å². The maximum atomic E-state index is 13.5. The fraction of sp³-hybridized carbons (Fsp3) is 0.436. The number of amides is 4. The summed E-state index contributed by atoms with van der Waals surface area (Å²) >= 11 is 0. The quantitative estimate of drug-likeness (QED) is 0.0556. The van der Waals surface area contributed by atoms with Crippen LogP contribution in [-0.4, -0.2) is 98.6 Å². The fourth-order valence-electron chi connectivity index (χ4n) is 6.92. The molecule has 2 aliphatic rings. The van der Waals surface area contributed by atoms with Crippen molar-refractivity contribution >= 4 is 76.0 Å². The van der Waals surface area contributed by atoms with Gasteiger partial charge in [0.1, 0.15) is 17.7 Å². The Labute approximate surface area is 353 Å². The number of aromatic nitrogens is 4. The molecular weight excluding hydrogens is 787 g/mol. The summed E-state index contributed by atoms with van der Waals surface area (Å²) in [6.45, 7) is 8.75. The predicted octanol–water partition coefficient (Wildman–Crippen LogP) is 6.22. The molecule has 4 amide bonds. The van der Waals surface area contributed by atoms with Crippen LogP contribution in [0.25, 0.3) is 22.3 Å². The van der Waals surface area contributed by atoms with Crippen molar-refractivity contribution in [2.75, 3.05) is 27.3 Å². The molecular formula is C39H53N9O6S3. The molecule has 2 aromatic carbocycles. The molecule has 15 nitrogen and oxygen atoms in total. The van der Waals surface area contributed by atoms with Gasteiger partial charge in [-0.15, -0.1) is 5.10 Å². The monoisotopic (exact) mass is 839 g/mol. The Morgan fingerprint density at radius 3 is 2.21 bits per heavy atom. The Morgan fingerprint density at radius 1 is 0.912 bits per heavy atom.